The number of nitrogen functional groups attached to an aromatic ring is 1. The largest absolute Gasteiger partial charge is 0.495 e. The lowest BCUT2D eigenvalue weighted by Crippen LogP contribution is -2.46. The minimum Gasteiger partial charge on any atom is -0.495 e. The van der Waals surface area contributed by atoms with Gasteiger partial charge < -0.3 is 25.6 Å². The van der Waals surface area contributed by atoms with Gasteiger partial charge in [0.15, 0.2) is 5.13 Å². The van der Waals surface area contributed by atoms with Crippen LogP contribution in [0.4, 0.5) is 27.9 Å². The Morgan fingerprint density at radius 2 is 1.81 bits per heavy atom. The topological polar surface area (TPSA) is 79.5 Å². The van der Waals surface area contributed by atoms with Crippen molar-refractivity contribution in [1.82, 2.24) is 9.97 Å². The molecule has 0 aliphatic carbocycles. The van der Waals surface area contributed by atoms with E-state index in [1.807, 2.05) is 36.7 Å². The van der Waals surface area contributed by atoms with Crippen LogP contribution in [0.2, 0.25) is 0 Å². The van der Waals surface area contributed by atoms with Gasteiger partial charge in [0, 0.05) is 43.8 Å². The lowest BCUT2D eigenvalue weighted by Gasteiger charge is -2.37. The number of anilines is 5. The van der Waals surface area contributed by atoms with Gasteiger partial charge in [-0.2, -0.15) is 0 Å². The van der Waals surface area contributed by atoms with Gasteiger partial charge in [-0.05, 0) is 48.5 Å². The van der Waals surface area contributed by atoms with E-state index in [1.165, 1.54) is 11.4 Å². The second-order valence-corrected chi connectivity index (χ2v) is 8.47. The van der Waals surface area contributed by atoms with Gasteiger partial charge in [0.25, 0.3) is 0 Å². The number of pyridine rings is 1. The molecule has 0 unspecified atom stereocenters. The molecule has 2 aromatic carbocycles. The number of nitrogens with zero attached hydrogens (tertiary/aromatic N) is 4. The number of hydrogen-bond acceptors (Lipinski definition) is 8. The number of hydrogen-bond donors (Lipinski definition) is 2. The van der Waals surface area contributed by atoms with Gasteiger partial charge in [-0.25, -0.2) is 4.98 Å². The van der Waals surface area contributed by atoms with Gasteiger partial charge in [-0.3, -0.25) is 4.98 Å². The lowest BCUT2D eigenvalue weighted by molar-refractivity contribution is 0.417. The molecule has 0 spiro atoms. The zero-order chi connectivity index (χ0) is 21.2. The number of ether oxygens (including phenoxy) is 1. The molecule has 8 heteroatoms. The van der Waals surface area contributed by atoms with Crippen LogP contribution in [0, 0.1) is 0 Å². The van der Waals surface area contributed by atoms with Gasteiger partial charge in [-0.15, -0.1) is 0 Å². The van der Waals surface area contributed by atoms with Crippen LogP contribution >= 0.6 is 11.3 Å². The summed E-state index contributed by atoms with van der Waals surface area (Å²) in [7, 11) is 1.65. The number of fused-ring (bicyclic) bond motifs is 1. The molecular formula is C23H24N6OS. The predicted octanol–water partition coefficient (Wildman–Crippen LogP) is 4.35. The number of rotatable bonds is 5. The van der Waals surface area contributed by atoms with Crippen LogP contribution < -0.4 is 25.6 Å². The maximum absolute atomic E-state index is 5.94. The molecule has 2 aromatic heterocycles. The predicted molar refractivity (Wildman–Crippen MR) is 129 cm³/mol. The molecule has 1 aliphatic rings. The Morgan fingerprint density at radius 1 is 1.00 bits per heavy atom. The zero-order valence-electron chi connectivity index (χ0n) is 17.3. The molecule has 1 saturated heterocycles. The number of methoxy groups -OCH3 is 1. The van der Waals surface area contributed by atoms with Crippen molar-refractivity contribution in [3.8, 4) is 5.75 Å². The fraction of sp³-hybridized carbons (Fsp3) is 0.217. The van der Waals surface area contributed by atoms with Gasteiger partial charge in [0.05, 0.1) is 34.9 Å². The van der Waals surface area contributed by atoms with Crippen molar-refractivity contribution in [2.75, 3.05) is 54.1 Å². The molecular weight excluding hydrogens is 408 g/mol. The van der Waals surface area contributed by atoms with Crippen LogP contribution in [-0.2, 0) is 0 Å². The Bertz CT molecular complexity index is 1190. The first-order valence-electron chi connectivity index (χ1n) is 10.2. The average molecular weight is 433 g/mol. The van der Waals surface area contributed by atoms with Crippen molar-refractivity contribution < 1.29 is 4.74 Å². The molecule has 0 atom stereocenters. The van der Waals surface area contributed by atoms with Crippen LogP contribution in [0.15, 0.2) is 60.9 Å². The Kier molecular flexibility index (Phi) is 5.21. The third kappa shape index (κ3) is 4.06. The highest BCUT2D eigenvalue weighted by Crippen LogP contribution is 2.35. The van der Waals surface area contributed by atoms with Crippen LogP contribution in [0.25, 0.3) is 10.2 Å². The van der Waals surface area contributed by atoms with Gasteiger partial charge in [0.1, 0.15) is 5.75 Å². The summed E-state index contributed by atoms with van der Waals surface area (Å²) in [6.45, 7) is 3.89. The van der Waals surface area contributed by atoms with Crippen molar-refractivity contribution in [2.24, 2.45) is 0 Å². The first-order valence-corrected chi connectivity index (χ1v) is 11.0. The minimum absolute atomic E-state index is 0.678. The van der Waals surface area contributed by atoms with E-state index in [9.17, 15) is 0 Å². The van der Waals surface area contributed by atoms with E-state index in [0.717, 1.165) is 53.0 Å². The van der Waals surface area contributed by atoms with Crippen LogP contribution in [-0.4, -0.2) is 43.3 Å². The normalized spacial score (nSPS) is 14.1. The Labute approximate surface area is 185 Å². The van der Waals surface area contributed by atoms with Gasteiger partial charge >= 0.3 is 0 Å². The van der Waals surface area contributed by atoms with Gasteiger partial charge in [-0.1, -0.05) is 11.3 Å². The van der Waals surface area contributed by atoms with E-state index >= 15 is 0 Å². The molecule has 7 nitrogen and oxygen atoms in total. The molecule has 0 bridgehead atoms. The Hall–Kier alpha value is -3.52. The molecule has 0 saturated carbocycles. The maximum Gasteiger partial charge on any atom is 0.188 e. The summed E-state index contributed by atoms with van der Waals surface area (Å²) in [5, 5.41) is 4.17. The standard InChI is InChI=1S/C23H24N6OS/c1-30-21-6-4-16(24)13-19(21)26-23-27-20-14-17(5-7-22(20)31-23)28-9-11-29(12-10-28)18-3-2-8-25-15-18/h2-8,13-15H,9-12,24H2,1H3,(H,26,27). The van der Waals surface area contributed by atoms with Gasteiger partial charge in [0.2, 0.25) is 0 Å². The van der Waals surface area contributed by atoms with Crippen molar-refractivity contribution in [1.29, 1.82) is 0 Å². The molecule has 0 amide bonds. The third-order valence-corrected chi connectivity index (χ3v) is 6.44. The number of piperazine rings is 1. The highest BCUT2D eigenvalue weighted by Gasteiger charge is 2.18. The Morgan fingerprint density at radius 3 is 2.55 bits per heavy atom. The minimum atomic E-state index is 0.678. The summed E-state index contributed by atoms with van der Waals surface area (Å²) in [4.78, 5) is 13.8. The van der Waals surface area contributed by atoms with E-state index in [2.05, 4.69) is 44.4 Å². The molecule has 5 rings (SSSR count). The van der Waals surface area contributed by atoms with Crippen molar-refractivity contribution in [3.05, 3.63) is 60.9 Å². The number of aromatic nitrogens is 2. The highest BCUT2D eigenvalue weighted by atomic mass is 32.1. The summed E-state index contributed by atoms with van der Waals surface area (Å²) in [5.41, 5.74) is 10.8. The molecule has 1 fully saturated rings. The number of thiazole rings is 1. The summed E-state index contributed by atoms with van der Waals surface area (Å²) in [5.74, 6) is 0.737. The first kappa shape index (κ1) is 19.4. The summed E-state index contributed by atoms with van der Waals surface area (Å²) >= 11 is 1.62. The van der Waals surface area contributed by atoms with E-state index in [0.29, 0.717) is 5.69 Å². The monoisotopic (exact) mass is 432 g/mol. The third-order valence-electron chi connectivity index (χ3n) is 5.49. The molecule has 3 N–H and O–H groups in total. The quantitative estimate of drug-likeness (QED) is 0.454. The number of nitrogens with one attached hydrogen (secondary N) is 1. The summed E-state index contributed by atoms with van der Waals surface area (Å²) in [6, 6.07) is 16.2. The SMILES string of the molecule is COc1ccc(N)cc1Nc1nc2cc(N3CCN(c4cccnc4)CC3)ccc2s1. The first-order chi connectivity index (χ1) is 15.2. The molecule has 4 aromatic rings. The molecule has 3 heterocycles. The second kappa shape index (κ2) is 8.31. The lowest BCUT2D eigenvalue weighted by atomic mass is 10.2. The van der Waals surface area contributed by atoms with E-state index in [-0.39, 0.29) is 0 Å². The van der Waals surface area contributed by atoms with Crippen LogP contribution in [0.3, 0.4) is 0 Å². The molecule has 158 valence electrons. The number of nitrogens with two attached hydrogens (primary N) is 1. The van der Waals surface area contributed by atoms with Crippen LogP contribution in [0.1, 0.15) is 0 Å². The summed E-state index contributed by atoms with van der Waals surface area (Å²) < 4.78 is 6.57. The maximum atomic E-state index is 5.94. The molecule has 0 radical (unpaired) electrons. The van der Waals surface area contributed by atoms with E-state index < -0.39 is 0 Å². The zero-order valence-corrected chi connectivity index (χ0v) is 18.1. The van der Waals surface area contributed by atoms with E-state index in [1.54, 1.807) is 18.4 Å². The number of benzene rings is 2. The highest BCUT2D eigenvalue weighted by molar-refractivity contribution is 7.22. The molecule has 31 heavy (non-hydrogen) atoms. The van der Waals surface area contributed by atoms with E-state index in [4.69, 9.17) is 15.5 Å². The second-order valence-electron chi connectivity index (χ2n) is 7.44. The average Bonchev–Trinajstić information content (AvgIpc) is 3.21. The van der Waals surface area contributed by atoms with Crippen molar-refractivity contribution in [3.63, 3.8) is 0 Å². The smallest absolute Gasteiger partial charge is 0.188 e. The molecule has 1 aliphatic heterocycles. The summed E-state index contributed by atoms with van der Waals surface area (Å²) in [6.07, 6.45) is 3.75. The van der Waals surface area contributed by atoms with Crippen molar-refractivity contribution >= 4 is 49.4 Å². The Balaban J connectivity index is 1.32. The fourth-order valence-electron chi connectivity index (χ4n) is 3.87. The van der Waals surface area contributed by atoms with Crippen LogP contribution in [0.5, 0.6) is 5.75 Å². The van der Waals surface area contributed by atoms with Crippen molar-refractivity contribution in [2.45, 2.75) is 0 Å². The fourth-order valence-corrected chi connectivity index (χ4v) is 4.73.